The van der Waals surface area contributed by atoms with E-state index in [9.17, 15) is 4.79 Å². The van der Waals surface area contributed by atoms with Crippen LogP contribution < -0.4 is 4.74 Å². The monoisotopic (exact) mass is 257 g/mol. The van der Waals surface area contributed by atoms with E-state index in [2.05, 4.69) is 10.2 Å². The lowest BCUT2D eigenvalue weighted by Crippen LogP contribution is -2.38. The van der Waals surface area contributed by atoms with Crippen LogP contribution in [0, 0.1) is 0 Å². The van der Waals surface area contributed by atoms with Gasteiger partial charge in [-0.25, -0.2) is 0 Å². The molecule has 1 amide bonds. The normalized spacial score (nSPS) is 16.8. The minimum Gasteiger partial charge on any atom is -0.480 e. The molecule has 0 radical (unpaired) electrons. The zero-order valence-corrected chi connectivity index (χ0v) is 10.7. The van der Waals surface area contributed by atoms with Crippen LogP contribution >= 0.6 is 0 Å². The van der Waals surface area contributed by atoms with Crippen LogP contribution in [0.2, 0.25) is 0 Å². The fourth-order valence-corrected chi connectivity index (χ4v) is 2.28. The Kier molecular flexibility index (Phi) is 2.95. The van der Waals surface area contributed by atoms with Crippen molar-refractivity contribution in [1.82, 2.24) is 15.1 Å². The van der Waals surface area contributed by atoms with Gasteiger partial charge in [-0.2, -0.15) is 5.10 Å². The fraction of sp³-hybridized carbons (Fsp3) is 0.286. The van der Waals surface area contributed by atoms with Gasteiger partial charge in [0.2, 0.25) is 0 Å². The van der Waals surface area contributed by atoms with Crippen molar-refractivity contribution >= 4 is 5.91 Å². The Morgan fingerprint density at radius 2 is 2.37 bits per heavy atom. The van der Waals surface area contributed by atoms with Crippen molar-refractivity contribution in [2.75, 3.05) is 7.05 Å². The number of para-hydroxylation sites is 1. The molecule has 0 saturated heterocycles. The van der Waals surface area contributed by atoms with Crippen LogP contribution in [0.25, 0.3) is 0 Å². The number of H-pyrrole nitrogens is 1. The molecule has 1 aromatic heterocycles. The minimum absolute atomic E-state index is 0.00241. The first-order chi connectivity index (χ1) is 9.24. The molecule has 0 bridgehead atoms. The first-order valence-electron chi connectivity index (χ1n) is 6.21. The zero-order valence-electron chi connectivity index (χ0n) is 10.7. The van der Waals surface area contributed by atoms with Crippen LogP contribution in [-0.4, -0.2) is 34.2 Å². The van der Waals surface area contributed by atoms with Crippen molar-refractivity contribution in [3.8, 4) is 5.75 Å². The molecular weight excluding hydrogens is 242 g/mol. The number of aromatic amines is 1. The second-order valence-electron chi connectivity index (χ2n) is 4.72. The number of aromatic nitrogens is 2. The molecule has 1 unspecified atom stereocenters. The molecular formula is C14H15N3O2. The number of nitrogens with one attached hydrogen (secondary N) is 1. The van der Waals surface area contributed by atoms with Crippen LogP contribution in [0.1, 0.15) is 11.1 Å². The number of rotatable bonds is 3. The molecule has 5 nitrogen and oxygen atoms in total. The first-order valence-corrected chi connectivity index (χ1v) is 6.21. The van der Waals surface area contributed by atoms with E-state index < -0.39 is 6.10 Å². The Morgan fingerprint density at radius 1 is 1.53 bits per heavy atom. The van der Waals surface area contributed by atoms with E-state index in [-0.39, 0.29) is 5.91 Å². The van der Waals surface area contributed by atoms with Gasteiger partial charge in [-0.05, 0) is 11.6 Å². The summed E-state index contributed by atoms with van der Waals surface area (Å²) in [5, 5.41) is 6.61. The highest BCUT2D eigenvalue weighted by Gasteiger charge is 2.30. The fourth-order valence-electron chi connectivity index (χ4n) is 2.28. The van der Waals surface area contributed by atoms with Crippen LogP contribution in [0.15, 0.2) is 36.7 Å². The third kappa shape index (κ3) is 2.31. The molecule has 0 fully saturated rings. The Balaban J connectivity index is 1.66. The Hall–Kier alpha value is -2.30. The van der Waals surface area contributed by atoms with E-state index in [1.165, 1.54) is 0 Å². The SMILES string of the molecule is CN(Cc1cn[nH]c1)C(=O)C1Cc2ccccc2O1. The summed E-state index contributed by atoms with van der Waals surface area (Å²) in [4.78, 5) is 14.0. The van der Waals surface area contributed by atoms with Crippen molar-refractivity contribution in [2.24, 2.45) is 0 Å². The van der Waals surface area contributed by atoms with Crippen LogP contribution in [0.4, 0.5) is 0 Å². The molecule has 3 rings (SSSR count). The van der Waals surface area contributed by atoms with Gasteiger partial charge in [-0.15, -0.1) is 0 Å². The maximum atomic E-state index is 12.3. The lowest BCUT2D eigenvalue weighted by atomic mass is 10.1. The average Bonchev–Trinajstić information content (AvgIpc) is 3.05. The predicted octanol–water partition coefficient (Wildman–Crippen LogP) is 1.37. The maximum Gasteiger partial charge on any atom is 0.264 e. The lowest BCUT2D eigenvalue weighted by molar-refractivity contribution is -0.137. The van der Waals surface area contributed by atoms with Gasteiger partial charge in [0.05, 0.1) is 6.20 Å². The van der Waals surface area contributed by atoms with Gasteiger partial charge in [-0.1, -0.05) is 18.2 Å². The maximum absolute atomic E-state index is 12.3. The summed E-state index contributed by atoms with van der Waals surface area (Å²) < 4.78 is 5.69. The molecule has 1 aliphatic rings. The summed E-state index contributed by atoms with van der Waals surface area (Å²) in [5.74, 6) is 0.815. The Bertz CT molecular complexity index is 555. The largest absolute Gasteiger partial charge is 0.480 e. The van der Waals surface area contributed by atoms with Gasteiger partial charge in [0.15, 0.2) is 6.10 Å². The van der Waals surface area contributed by atoms with Crippen LogP contribution in [-0.2, 0) is 17.8 Å². The van der Waals surface area contributed by atoms with Gasteiger partial charge in [-0.3, -0.25) is 9.89 Å². The predicted molar refractivity (Wildman–Crippen MR) is 69.6 cm³/mol. The van der Waals surface area contributed by atoms with Crippen molar-refractivity contribution in [3.05, 3.63) is 47.8 Å². The number of nitrogens with zero attached hydrogens (tertiary/aromatic N) is 2. The van der Waals surface area contributed by atoms with E-state index in [0.717, 1.165) is 16.9 Å². The van der Waals surface area contributed by atoms with Crippen molar-refractivity contribution in [1.29, 1.82) is 0 Å². The van der Waals surface area contributed by atoms with Gasteiger partial charge in [0.1, 0.15) is 5.75 Å². The minimum atomic E-state index is -0.408. The number of fused-ring (bicyclic) bond motifs is 1. The van der Waals surface area contributed by atoms with Gasteiger partial charge >= 0.3 is 0 Å². The highest BCUT2D eigenvalue weighted by atomic mass is 16.5. The summed E-state index contributed by atoms with van der Waals surface area (Å²) in [6.45, 7) is 0.533. The molecule has 2 aromatic rings. The Morgan fingerprint density at radius 3 is 3.11 bits per heavy atom. The van der Waals surface area contributed by atoms with E-state index in [4.69, 9.17) is 4.74 Å². The number of carbonyl (C=O) groups is 1. The van der Waals surface area contributed by atoms with Crippen molar-refractivity contribution in [2.45, 2.75) is 19.1 Å². The molecule has 98 valence electrons. The lowest BCUT2D eigenvalue weighted by Gasteiger charge is -2.20. The number of likely N-dealkylation sites (N-methyl/N-ethyl adjacent to an activating group) is 1. The van der Waals surface area contributed by atoms with Gasteiger partial charge in [0.25, 0.3) is 5.91 Å². The quantitative estimate of drug-likeness (QED) is 0.903. The first kappa shape index (κ1) is 11.8. The third-order valence-corrected chi connectivity index (χ3v) is 3.27. The summed E-state index contributed by atoms with van der Waals surface area (Å²) in [6.07, 6.45) is 3.74. The van der Waals surface area contributed by atoms with Crippen molar-refractivity contribution in [3.63, 3.8) is 0 Å². The van der Waals surface area contributed by atoms with Gasteiger partial charge in [0, 0.05) is 31.8 Å². The summed E-state index contributed by atoms with van der Waals surface area (Å²) >= 11 is 0. The Labute approximate surface area is 111 Å². The number of hydrogen-bond donors (Lipinski definition) is 1. The standard InChI is InChI=1S/C14H15N3O2/c1-17(9-10-7-15-16-8-10)14(18)13-6-11-4-2-3-5-12(11)19-13/h2-5,7-8,13H,6,9H2,1H3,(H,15,16). The second-order valence-corrected chi connectivity index (χ2v) is 4.72. The van der Waals surface area contributed by atoms with E-state index in [1.54, 1.807) is 24.3 Å². The smallest absolute Gasteiger partial charge is 0.264 e. The molecule has 5 heteroatoms. The molecule has 1 aliphatic heterocycles. The number of carbonyl (C=O) groups excluding carboxylic acids is 1. The molecule has 1 atom stereocenters. The molecule has 1 N–H and O–H groups in total. The number of ether oxygens (including phenoxy) is 1. The molecule has 0 aliphatic carbocycles. The van der Waals surface area contributed by atoms with Crippen LogP contribution in [0.3, 0.4) is 0 Å². The van der Waals surface area contributed by atoms with E-state index >= 15 is 0 Å². The number of amides is 1. The summed E-state index contributed by atoms with van der Waals surface area (Å²) in [5.41, 5.74) is 2.07. The number of benzene rings is 1. The highest BCUT2D eigenvalue weighted by Crippen LogP contribution is 2.28. The molecule has 1 aromatic carbocycles. The van der Waals surface area contributed by atoms with Crippen LogP contribution in [0.5, 0.6) is 5.75 Å². The third-order valence-electron chi connectivity index (χ3n) is 3.27. The summed E-state index contributed by atoms with van der Waals surface area (Å²) in [6, 6.07) is 7.78. The van der Waals surface area contributed by atoms with Gasteiger partial charge < -0.3 is 9.64 Å². The topological polar surface area (TPSA) is 58.2 Å². The zero-order chi connectivity index (χ0) is 13.2. The molecule has 0 spiro atoms. The second kappa shape index (κ2) is 4.76. The van der Waals surface area contributed by atoms with Crippen molar-refractivity contribution < 1.29 is 9.53 Å². The summed E-state index contributed by atoms with van der Waals surface area (Å²) in [7, 11) is 1.78. The molecule has 0 saturated carbocycles. The number of hydrogen-bond acceptors (Lipinski definition) is 3. The molecule has 2 heterocycles. The average molecular weight is 257 g/mol. The van der Waals surface area contributed by atoms with E-state index in [1.807, 2.05) is 24.3 Å². The molecule has 19 heavy (non-hydrogen) atoms. The van der Waals surface area contributed by atoms with E-state index in [0.29, 0.717) is 13.0 Å². The highest BCUT2D eigenvalue weighted by molar-refractivity contribution is 5.82.